The van der Waals surface area contributed by atoms with Crippen molar-refractivity contribution in [2.24, 2.45) is 7.05 Å². The van der Waals surface area contributed by atoms with Gasteiger partial charge in [-0.25, -0.2) is 4.68 Å². The van der Waals surface area contributed by atoms with E-state index < -0.39 is 0 Å². The van der Waals surface area contributed by atoms with E-state index in [0.717, 1.165) is 28.4 Å². The Labute approximate surface area is 164 Å². The van der Waals surface area contributed by atoms with Gasteiger partial charge in [-0.15, -0.1) is 0 Å². The highest BCUT2D eigenvalue weighted by molar-refractivity contribution is 5.46. The molecule has 0 aliphatic heterocycles. The molecule has 0 atom stereocenters. The third-order valence-corrected chi connectivity index (χ3v) is 4.78. The summed E-state index contributed by atoms with van der Waals surface area (Å²) in [6, 6.07) is 15.2. The molecule has 0 aliphatic rings. The fourth-order valence-corrected chi connectivity index (χ4v) is 3.30. The minimum atomic E-state index is -0.209. The molecule has 7 heteroatoms. The monoisotopic (exact) mass is 382 g/mol. The maximum absolute atomic E-state index is 12.7. The highest BCUT2D eigenvalue weighted by Crippen LogP contribution is 2.26. The van der Waals surface area contributed by atoms with E-state index in [0.29, 0.717) is 13.1 Å². The van der Waals surface area contributed by atoms with Crippen molar-refractivity contribution in [2.45, 2.75) is 13.1 Å². The van der Waals surface area contributed by atoms with Gasteiger partial charge < -0.3 is 15.2 Å². The van der Waals surface area contributed by atoms with Crippen molar-refractivity contribution in [1.29, 1.82) is 0 Å². The predicted molar refractivity (Wildman–Crippen MR) is 110 cm³/mol. The lowest BCUT2D eigenvalue weighted by molar-refractivity contribution is 0.300. The van der Waals surface area contributed by atoms with Gasteiger partial charge in [0, 0.05) is 31.8 Å². The number of methoxy groups -OCH3 is 2. The molecule has 0 aliphatic carbocycles. The third-order valence-electron chi connectivity index (χ3n) is 4.78. The molecule has 2 aromatic carbocycles. The first kappa shape index (κ1) is 19.6. The molecule has 28 heavy (non-hydrogen) atoms. The summed E-state index contributed by atoms with van der Waals surface area (Å²) in [6.45, 7) is 1.16. The Morgan fingerprint density at radius 1 is 1.04 bits per heavy atom. The summed E-state index contributed by atoms with van der Waals surface area (Å²) in [5, 5.41) is 0. The van der Waals surface area contributed by atoms with Gasteiger partial charge in [0.25, 0.3) is 5.56 Å². The Hall–Kier alpha value is -3.19. The lowest BCUT2D eigenvalue weighted by Crippen LogP contribution is -2.22. The second kappa shape index (κ2) is 8.22. The number of nitrogens with two attached hydrogens (primary N) is 1. The second-order valence-corrected chi connectivity index (χ2v) is 6.69. The van der Waals surface area contributed by atoms with Gasteiger partial charge in [-0.2, -0.15) is 0 Å². The van der Waals surface area contributed by atoms with Gasteiger partial charge in [-0.1, -0.05) is 24.3 Å². The molecule has 3 aromatic rings. The Bertz CT molecular complexity index is 1010. The number of aromatic nitrogens is 2. The number of benzene rings is 2. The molecule has 0 fully saturated rings. The topological polar surface area (TPSA) is 74.7 Å². The van der Waals surface area contributed by atoms with Crippen molar-refractivity contribution in [3.8, 4) is 17.2 Å². The van der Waals surface area contributed by atoms with E-state index in [-0.39, 0.29) is 11.2 Å². The number of anilines is 1. The van der Waals surface area contributed by atoms with Crippen molar-refractivity contribution in [1.82, 2.24) is 14.3 Å². The van der Waals surface area contributed by atoms with Crippen molar-refractivity contribution >= 4 is 5.69 Å². The predicted octanol–water partition coefficient (Wildman–Crippen LogP) is 2.41. The van der Waals surface area contributed by atoms with Crippen LogP contribution in [-0.2, 0) is 20.1 Å². The molecular weight excluding hydrogens is 356 g/mol. The van der Waals surface area contributed by atoms with Crippen molar-refractivity contribution < 1.29 is 9.47 Å². The minimum absolute atomic E-state index is 0.209. The van der Waals surface area contributed by atoms with Crippen LogP contribution in [0.4, 0.5) is 5.69 Å². The normalized spacial score (nSPS) is 11.0. The molecular formula is C21H26N4O3. The van der Waals surface area contributed by atoms with Crippen molar-refractivity contribution in [3.63, 3.8) is 0 Å². The average molecular weight is 382 g/mol. The fraction of sp³-hybridized carbons (Fsp3) is 0.286. The smallest absolute Gasteiger partial charge is 0.294 e. The minimum Gasteiger partial charge on any atom is -0.497 e. The maximum atomic E-state index is 12.7. The summed E-state index contributed by atoms with van der Waals surface area (Å²) >= 11 is 0. The number of ether oxygens (including phenoxy) is 2. The van der Waals surface area contributed by atoms with Gasteiger partial charge in [0.15, 0.2) is 0 Å². The number of hydrogen-bond acceptors (Lipinski definition) is 5. The van der Waals surface area contributed by atoms with E-state index in [4.69, 9.17) is 15.2 Å². The van der Waals surface area contributed by atoms with Crippen LogP contribution in [0, 0.1) is 0 Å². The van der Waals surface area contributed by atoms with Gasteiger partial charge in [0.05, 0.1) is 25.6 Å². The van der Waals surface area contributed by atoms with E-state index >= 15 is 0 Å². The second-order valence-electron chi connectivity index (χ2n) is 6.69. The third kappa shape index (κ3) is 3.75. The van der Waals surface area contributed by atoms with Crippen LogP contribution in [0.2, 0.25) is 0 Å². The summed E-state index contributed by atoms with van der Waals surface area (Å²) in [4.78, 5) is 14.8. The summed E-state index contributed by atoms with van der Waals surface area (Å²) in [6.07, 6.45) is 0. The van der Waals surface area contributed by atoms with E-state index in [1.807, 2.05) is 67.3 Å². The van der Waals surface area contributed by atoms with Crippen LogP contribution in [0.15, 0.2) is 53.3 Å². The summed E-state index contributed by atoms with van der Waals surface area (Å²) in [7, 11) is 7.09. The van der Waals surface area contributed by atoms with E-state index in [1.165, 1.54) is 0 Å². The van der Waals surface area contributed by atoms with Gasteiger partial charge in [-0.3, -0.25) is 14.4 Å². The van der Waals surface area contributed by atoms with Crippen LogP contribution >= 0.6 is 0 Å². The molecule has 2 N–H and O–H groups in total. The molecule has 0 saturated heterocycles. The number of para-hydroxylation sites is 1. The number of nitrogen functional groups attached to an aromatic ring is 1. The zero-order valence-corrected chi connectivity index (χ0v) is 16.7. The Morgan fingerprint density at radius 3 is 2.39 bits per heavy atom. The molecule has 1 aromatic heterocycles. The van der Waals surface area contributed by atoms with Crippen LogP contribution in [0.5, 0.6) is 11.5 Å². The van der Waals surface area contributed by atoms with E-state index in [9.17, 15) is 4.79 Å². The zero-order chi connectivity index (χ0) is 20.3. The molecule has 148 valence electrons. The summed E-state index contributed by atoms with van der Waals surface area (Å²) < 4.78 is 14.1. The highest BCUT2D eigenvalue weighted by Gasteiger charge is 2.18. The summed E-state index contributed by atoms with van der Waals surface area (Å²) in [5.74, 6) is 1.50. The lowest BCUT2D eigenvalue weighted by atomic mass is 10.1. The zero-order valence-electron chi connectivity index (χ0n) is 16.7. The number of rotatable bonds is 7. The maximum Gasteiger partial charge on any atom is 0.294 e. The van der Waals surface area contributed by atoms with Crippen LogP contribution in [0.3, 0.4) is 0 Å². The standard InChI is InChI=1S/C21H26N4O3/c1-23(13-15-10-11-17(27-3)12-19(15)28-4)14-18-20(22)21(26)25(24(18)2)16-8-6-5-7-9-16/h5-12H,13-14,22H2,1-4H3. The van der Waals surface area contributed by atoms with Crippen LogP contribution < -0.4 is 20.8 Å². The first-order chi connectivity index (χ1) is 13.5. The van der Waals surface area contributed by atoms with Gasteiger partial charge in [0.2, 0.25) is 0 Å². The molecule has 0 bridgehead atoms. The molecule has 0 spiro atoms. The van der Waals surface area contributed by atoms with Gasteiger partial charge >= 0.3 is 0 Å². The Balaban J connectivity index is 1.86. The SMILES string of the molecule is COc1ccc(CN(C)Cc2c(N)c(=O)n(-c3ccccc3)n2C)c(OC)c1. The molecule has 0 unspecified atom stereocenters. The van der Waals surface area contributed by atoms with Crippen molar-refractivity contribution in [2.75, 3.05) is 27.0 Å². The van der Waals surface area contributed by atoms with E-state index in [1.54, 1.807) is 18.9 Å². The van der Waals surface area contributed by atoms with Crippen molar-refractivity contribution in [3.05, 3.63) is 70.1 Å². The average Bonchev–Trinajstić information content (AvgIpc) is 2.92. The highest BCUT2D eigenvalue weighted by atomic mass is 16.5. The molecule has 0 saturated carbocycles. The first-order valence-corrected chi connectivity index (χ1v) is 8.97. The summed E-state index contributed by atoms with van der Waals surface area (Å²) in [5.41, 5.74) is 8.79. The molecule has 7 nitrogen and oxygen atoms in total. The lowest BCUT2D eigenvalue weighted by Gasteiger charge is -2.20. The molecule has 3 rings (SSSR count). The quantitative estimate of drug-likeness (QED) is 0.679. The van der Waals surface area contributed by atoms with Gasteiger partial charge in [-0.05, 0) is 25.2 Å². The first-order valence-electron chi connectivity index (χ1n) is 8.97. The Morgan fingerprint density at radius 2 is 1.75 bits per heavy atom. The number of nitrogens with zero attached hydrogens (tertiary/aromatic N) is 3. The number of hydrogen-bond donors (Lipinski definition) is 1. The van der Waals surface area contributed by atoms with Crippen LogP contribution in [-0.4, -0.2) is 35.5 Å². The molecule has 0 amide bonds. The van der Waals surface area contributed by atoms with Crippen LogP contribution in [0.25, 0.3) is 5.69 Å². The van der Waals surface area contributed by atoms with Gasteiger partial charge in [0.1, 0.15) is 17.2 Å². The fourth-order valence-electron chi connectivity index (χ4n) is 3.30. The van der Waals surface area contributed by atoms with E-state index in [2.05, 4.69) is 4.90 Å². The largest absolute Gasteiger partial charge is 0.497 e. The Kier molecular flexibility index (Phi) is 5.75. The molecule has 1 heterocycles. The molecule has 0 radical (unpaired) electrons. The van der Waals surface area contributed by atoms with Crippen LogP contribution in [0.1, 0.15) is 11.3 Å².